The number of benzene rings is 2. The number of carbonyl (C=O) groups excluding carboxylic acids is 3. The molecule has 27 heavy (non-hydrogen) atoms. The Kier molecular flexibility index (Phi) is 5.71. The minimum absolute atomic E-state index is 0.129. The number of rotatable bonds is 6. The van der Waals surface area contributed by atoms with E-state index >= 15 is 0 Å². The van der Waals surface area contributed by atoms with Crippen molar-refractivity contribution in [3.63, 3.8) is 0 Å². The quantitative estimate of drug-likeness (QED) is 0.622. The molecule has 1 atom stereocenters. The standard InChI is InChI=1S/C20H21N3O4/c24-14-7-5-13(6-8-14)11-12-21-18(25)10-9-17-20(27)22-16-4-2-1-3-15(16)19(26)23-17/h1-8,17,24H,9-12H2,(H,21,25)(H,22,27)(H,23,26)/t17-/m1/s1. The smallest absolute Gasteiger partial charge is 0.254 e. The molecule has 4 N–H and O–H groups in total. The fraction of sp³-hybridized carbons (Fsp3) is 0.250. The maximum Gasteiger partial charge on any atom is 0.254 e. The third-order valence-electron chi connectivity index (χ3n) is 4.38. The van der Waals surface area contributed by atoms with E-state index in [0.29, 0.717) is 24.2 Å². The molecule has 7 heteroatoms. The molecule has 0 radical (unpaired) electrons. The Hall–Kier alpha value is -3.35. The second-order valence-corrected chi connectivity index (χ2v) is 6.37. The van der Waals surface area contributed by atoms with Gasteiger partial charge in [-0.05, 0) is 42.7 Å². The summed E-state index contributed by atoms with van der Waals surface area (Å²) in [6.45, 7) is 0.457. The number of anilines is 1. The number of amides is 3. The SMILES string of the molecule is O=C(CC[C@H]1NC(=O)c2ccccc2NC1=O)NCCc1ccc(O)cc1. The van der Waals surface area contributed by atoms with Gasteiger partial charge in [0, 0.05) is 13.0 Å². The van der Waals surface area contributed by atoms with E-state index in [0.717, 1.165) is 5.56 Å². The maximum atomic E-state index is 12.3. The van der Waals surface area contributed by atoms with Gasteiger partial charge in [0.1, 0.15) is 11.8 Å². The van der Waals surface area contributed by atoms with Crippen molar-refractivity contribution < 1.29 is 19.5 Å². The minimum atomic E-state index is -0.757. The number of hydrogen-bond acceptors (Lipinski definition) is 4. The van der Waals surface area contributed by atoms with Gasteiger partial charge in [-0.2, -0.15) is 0 Å². The summed E-state index contributed by atoms with van der Waals surface area (Å²) >= 11 is 0. The Morgan fingerprint density at radius 3 is 2.59 bits per heavy atom. The number of phenols is 1. The second kappa shape index (κ2) is 8.35. The third-order valence-corrected chi connectivity index (χ3v) is 4.38. The fourth-order valence-corrected chi connectivity index (χ4v) is 2.89. The lowest BCUT2D eigenvalue weighted by Gasteiger charge is -2.14. The van der Waals surface area contributed by atoms with Gasteiger partial charge in [0.2, 0.25) is 11.8 Å². The highest BCUT2D eigenvalue weighted by Crippen LogP contribution is 2.19. The first-order valence-electron chi connectivity index (χ1n) is 8.78. The van der Waals surface area contributed by atoms with Gasteiger partial charge in [-0.1, -0.05) is 24.3 Å². The van der Waals surface area contributed by atoms with E-state index in [1.54, 1.807) is 48.5 Å². The molecular weight excluding hydrogens is 346 g/mol. The molecule has 0 unspecified atom stereocenters. The van der Waals surface area contributed by atoms with Crippen molar-refractivity contribution in [1.82, 2.24) is 10.6 Å². The lowest BCUT2D eigenvalue weighted by molar-refractivity contribution is -0.121. The highest BCUT2D eigenvalue weighted by atomic mass is 16.3. The molecule has 2 aromatic rings. The monoisotopic (exact) mass is 367 g/mol. The van der Waals surface area contributed by atoms with Crippen LogP contribution in [0.2, 0.25) is 0 Å². The molecule has 1 heterocycles. The van der Waals surface area contributed by atoms with Gasteiger partial charge >= 0.3 is 0 Å². The van der Waals surface area contributed by atoms with Gasteiger partial charge < -0.3 is 21.1 Å². The molecule has 0 saturated heterocycles. The van der Waals surface area contributed by atoms with Crippen molar-refractivity contribution in [2.45, 2.75) is 25.3 Å². The zero-order valence-corrected chi connectivity index (χ0v) is 14.7. The van der Waals surface area contributed by atoms with Gasteiger partial charge in [-0.25, -0.2) is 0 Å². The lowest BCUT2D eigenvalue weighted by Crippen LogP contribution is -2.42. The lowest BCUT2D eigenvalue weighted by atomic mass is 10.1. The first kappa shape index (κ1) is 18.4. The molecule has 7 nitrogen and oxygen atoms in total. The summed E-state index contributed by atoms with van der Waals surface area (Å²) < 4.78 is 0. The Bertz CT molecular complexity index is 849. The Morgan fingerprint density at radius 2 is 1.81 bits per heavy atom. The number of nitrogens with one attached hydrogen (secondary N) is 3. The molecule has 0 aliphatic carbocycles. The molecule has 0 fully saturated rings. The Morgan fingerprint density at radius 1 is 1.07 bits per heavy atom. The summed E-state index contributed by atoms with van der Waals surface area (Å²) in [5.41, 5.74) is 1.88. The van der Waals surface area contributed by atoms with Gasteiger partial charge in [0.15, 0.2) is 0 Å². The van der Waals surface area contributed by atoms with Crippen LogP contribution < -0.4 is 16.0 Å². The highest BCUT2D eigenvalue weighted by molar-refractivity contribution is 6.09. The van der Waals surface area contributed by atoms with Crippen LogP contribution >= 0.6 is 0 Å². The van der Waals surface area contributed by atoms with E-state index in [2.05, 4.69) is 16.0 Å². The molecule has 0 saturated carbocycles. The van der Waals surface area contributed by atoms with Crippen LogP contribution in [0.4, 0.5) is 5.69 Å². The van der Waals surface area contributed by atoms with Crippen LogP contribution in [-0.4, -0.2) is 35.4 Å². The van der Waals surface area contributed by atoms with E-state index in [9.17, 15) is 19.5 Å². The summed E-state index contributed by atoms with van der Waals surface area (Å²) in [7, 11) is 0. The summed E-state index contributed by atoms with van der Waals surface area (Å²) in [6, 6.07) is 12.8. The first-order valence-corrected chi connectivity index (χ1v) is 8.78. The number of para-hydroxylation sites is 1. The molecular formula is C20H21N3O4. The van der Waals surface area contributed by atoms with E-state index in [1.807, 2.05) is 0 Å². The molecule has 3 amide bonds. The summed E-state index contributed by atoms with van der Waals surface area (Å²) in [5.74, 6) is -0.641. The molecule has 1 aliphatic heterocycles. The van der Waals surface area contributed by atoms with E-state index < -0.39 is 6.04 Å². The van der Waals surface area contributed by atoms with Crippen LogP contribution in [-0.2, 0) is 16.0 Å². The highest BCUT2D eigenvalue weighted by Gasteiger charge is 2.27. The molecule has 1 aliphatic rings. The summed E-state index contributed by atoms with van der Waals surface area (Å²) in [5, 5.41) is 17.4. The van der Waals surface area contributed by atoms with Crippen LogP contribution in [0.3, 0.4) is 0 Å². The molecule has 0 aromatic heterocycles. The third kappa shape index (κ3) is 4.84. The average molecular weight is 367 g/mol. The molecule has 2 aromatic carbocycles. The zero-order chi connectivity index (χ0) is 19.2. The minimum Gasteiger partial charge on any atom is -0.508 e. The van der Waals surface area contributed by atoms with Gasteiger partial charge in [-0.3, -0.25) is 14.4 Å². The van der Waals surface area contributed by atoms with Crippen molar-refractivity contribution in [3.05, 3.63) is 59.7 Å². The van der Waals surface area contributed by atoms with Gasteiger partial charge in [0.05, 0.1) is 11.3 Å². The number of phenolic OH excluding ortho intramolecular Hbond substituents is 1. The summed E-state index contributed by atoms with van der Waals surface area (Å²) in [4.78, 5) is 36.5. The maximum absolute atomic E-state index is 12.3. The van der Waals surface area contributed by atoms with Crippen LogP contribution in [0.5, 0.6) is 5.75 Å². The van der Waals surface area contributed by atoms with Crippen LogP contribution in [0.25, 0.3) is 0 Å². The van der Waals surface area contributed by atoms with Crippen molar-refractivity contribution in [1.29, 1.82) is 0 Å². The number of fused-ring (bicyclic) bond motifs is 1. The normalized spacial score (nSPS) is 15.9. The topological polar surface area (TPSA) is 108 Å². The van der Waals surface area contributed by atoms with Crippen LogP contribution in [0, 0.1) is 0 Å². The van der Waals surface area contributed by atoms with Crippen molar-refractivity contribution in [2.24, 2.45) is 0 Å². The van der Waals surface area contributed by atoms with E-state index in [1.165, 1.54) is 0 Å². The predicted octanol–water partition coefficient (Wildman–Crippen LogP) is 1.58. The van der Waals surface area contributed by atoms with Crippen molar-refractivity contribution in [3.8, 4) is 5.75 Å². The number of carbonyl (C=O) groups is 3. The number of aromatic hydroxyl groups is 1. The first-order chi connectivity index (χ1) is 13.0. The molecule has 140 valence electrons. The Labute approximate surface area is 156 Å². The fourth-order valence-electron chi connectivity index (χ4n) is 2.89. The zero-order valence-electron chi connectivity index (χ0n) is 14.7. The largest absolute Gasteiger partial charge is 0.508 e. The Balaban J connectivity index is 1.46. The summed E-state index contributed by atoms with van der Waals surface area (Å²) in [6.07, 6.45) is 0.989. The number of hydrogen-bond donors (Lipinski definition) is 4. The van der Waals surface area contributed by atoms with E-state index in [4.69, 9.17) is 0 Å². The van der Waals surface area contributed by atoms with Crippen LogP contribution in [0.15, 0.2) is 48.5 Å². The molecule has 3 rings (SSSR count). The van der Waals surface area contributed by atoms with Gasteiger partial charge in [-0.15, -0.1) is 0 Å². The van der Waals surface area contributed by atoms with Crippen molar-refractivity contribution in [2.75, 3.05) is 11.9 Å². The van der Waals surface area contributed by atoms with Crippen LogP contribution in [0.1, 0.15) is 28.8 Å². The average Bonchev–Trinajstić information content (AvgIpc) is 2.78. The van der Waals surface area contributed by atoms with Gasteiger partial charge in [0.25, 0.3) is 5.91 Å². The molecule has 0 spiro atoms. The second-order valence-electron chi connectivity index (χ2n) is 6.37. The van der Waals surface area contributed by atoms with E-state index in [-0.39, 0.29) is 36.3 Å². The molecule has 0 bridgehead atoms. The predicted molar refractivity (Wildman–Crippen MR) is 100 cm³/mol. The van der Waals surface area contributed by atoms with Crippen molar-refractivity contribution >= 4 is 23.4 Å².